The number of amides is 1. The summed E-state index contributed by atoms with van der Waals surface area (Å²) in [6, 6.07) is 22.0. The maximum absolute atomic E-state index is 13.1. The lowest BCUT2D eigenvalue weighted by Gasteiger charge is -2.25. The van der Waals surface area contributed by atoms with Crippen molar-refractivity contribution < 1.29 is 24.2 Å². The van der Waals surface area contributed by atoms with E-state index in [1.54, 1.807) is 55.6 Å². The van der Waals surface area contributed by atoms with Gasteiger partial charge in [-0.3, -0.25) is 14.5 Å². The number of hydrogen-bond donors (Lipinski definition) is 1. The number of aliphatic hydroxyl groups excluding tert-OH is 1. The molecule has 1 saturated heterocycles. The summed E-state index contributed by atoms with van der Waals surface area (Å²) in [6.45, 7) is 0. The Balaban J connectivity index is 1.91. The Morgan fingerprint density at radius 1 is 0.839 bits per heavy atom. The lowest BCUT2D eigenvalue weighted by Crippen LogP contribution is -2.29. The van der Waals surface area contributed by atoms with Crippen molar-refractivity contribution in [3.8, 4) is 11.5 Å². The van der Waals surface area contributed by atoms with Crippen LogP contribution in [0, 0.1) is 0 Å². The van der Waals surface area contributed by atoms with Crippen LogP contribution in [0.25, 0.3) is 5.76 Å². The minimum atomic E-state index is -0.782. The standard InChI is InChI=1S/C25H21NO5/c1-30-19-13-11-17(12-14-19)23(27)21-22(16-7-4-3-5-8-16)26(25(29)24(21)28)18-9-6-10-20(15-18)31-2/h3-15,22,27H,1-2H3/b23-21+. The van der Waals surface area contributed by atoms with E-state index in [-0.39, 0.29) is 11.3 Å². The van der Waals surface area contributed by atoms with E-state index in [2.05, 4.69) is 0 Å². The Bertz CT molecular complexity index is 1150. The van der Waals surface area contributed by atoms with E-state index in [0.29, 0.717) is 28.3 Å². The van der Waals surface area contributed by atoms with Gasteiger partial charge in [0.1, 0.15) is 17.3 Å². The third-order valence-corrected chi connectivity index (χ3v) is 5.25. The van der Waals surface area contributed by atoms with Crippen LogP contribution in [-0.4, -0.2) is 31.0 Å². The van der Waals surface area contributed by atoms with Crippen molar-refractivity contribution in [2.75, 3.05) is 19.1 Å². The molecule has 0 aromatic heterocycles. The molecule has 1 atom stereocenters. The van der Waals surface area contributed by atoms with Gasteiger partial charge in [0, 0.05) is 17.3 Å². The number of ketones is 1. The lowest BCUT2D eigenvalue weighted by atomic mass is 9.95. The van der Waals surface area contributed by atoms with Gasteiger partial charge >= 0.3 is 0 Å². The second kappa shape index (κ2) is 8.36. The van der Waals surface area contributed by atoms with Crippen LogP contribution in [0.4, 0.5) is 5.69 Å². The van der Waals surface area contributed by atoms with E-state index in [9.17, 15) is 14.7 Å². The zero-order valence-corrected chi connectivity index (χ0v) is 17.1. The van der Waals surface area contributed by atoms with Gasteiger partial charge in [-0.2, -0.15) is 0 Å². The van der Waals surface area contributed by atoms with Crippen LogP contribution < -0.4 is 14.4 Å². The monoisotopic (exact) mass is 415 g/mol. The smallest absolute Gasteiger partial charge is 0.300 e. The first kappa shape index (κ1) is 20.2. The highest BCUT2D eigenvalue weighted by Crippen LogP contribution is 2.42. The Labute approximate surface area is 180 Å². The number of carbonyl (C=O) groups is 2. The molecular weight excluding hydrogens is 394 g/mol. The molecule has 1 amide bonds. The summed E-state index contributed by atoms with van der Waals surface area (Å²) in [6.07, 6.45) is 0. The van der Waals surface area contributed by atoms with Crippen LogP contribution in [0.2, 0.25) is 0 Å². The first-order valence-corrected chi connectivity index (χ1v) is 9.69. The molecule has 0 spiro atoms. The van der Waals surface area contributed by atoms with Gasteiger partial charge in [0.15, 0.2) is 0 Å². The predicted molar refractivity (Wildman–Crippen MR) is 117 cm³/mol. The molecule has 3 aromatic carbocycles. The molecule has 31 heavy (non-hydrogen) atoms. The number of hydrogen-bond acceptors (Lipinski definition) is 5. The molecule has 1 N–H and O–H groups in total. The van der Waals surface area contributed by atoms with Gasteiger partial charge in [-0.15, -0.1) is 0 Å². The molecule has 0 saturated carbocycles. The number of methoxy groups -OCH3 is 2. The number of aliphatic hydroxyl groups is 1. The molecular formula is C25H21NO5. The largest absolute Gasteiger partial charge is 0.507 e. The molecule has 3 aromatic rings. The number of carbonyl (C=O) groups excluding carboxylic acids is 2. The van der Waals surface area contributed by atoms with Gasteiger partial charge in [-0.25, -0.2) is 0 Å². The van der Waals surface area contributed by atoms with E-state index in [0.717, 1.165) is 0 Å². The highest BCUT2D eigenvalue weighted by molar-refractivity contribution is 6.51. The minimum absolute atomic E-state index is 0.0317. The Morgan fingerprint density at radius 2 is 1.52 bits per heavy atom. The summed E-state index contributed by atoms with van der Waals surface area (Å²) < 4.78 is 10.4. The molecule has 1 aliphatic rings. The molecule has 4 rings (SSSR count). The van der Waals surface area contributed by atoms with E-state index in [1.807, 2.05) is 30.3 Å². The van der Waals surface area contributed by atoms with Crippen molar-refractivity contribution in [2.45, 2.75) is 6.04 Å². The van der Waals surface area contributed by atoms with Crippen molar-refractivity contribution in [3.63, 3.8) is 0 Å². The number of nitrogens with zero attached hydrogens (tertiary/aromatic N) is 1. The zero-order chi connectivity index (χ0) is 22.0. The summed E-state index contributed by atoms with van der Waals surface area (Å²) in [4.78, 5) is 27.6. The predicted octanol–water partition coefficient (Wildman–Crippen LogP) is 4.33. The Hall–Kier alpha value is -4.06. The number of benzene rings is 3. The molecule has 6 heteroatoms. The van der Waals surface area contributed by atoms with Gasteiger partial charge in [-0.05, 0) is 42.0 Å². The maximum Gasteiger partial charge on any atom is 0.300 e. The highest BCUT2D eigenvalue weighted by atomic mass is 16.5. The fourth-order valence-electron chi connectivity index (χ4n) is 3.71. The van der Waals surface area contributed by atoms with Gasteiger partial charge in [0.25, 0.3) is 11.7 Å². The third-order valence-electron chi connectivity index (χ3n) is 5.25. The fraction of sp³-hybridized carbons (Fsp3) is 0.120. The summed E-state index contributed by atoms with van der Waals surface area (Å²) in [5, 5.41) is 11.1. The first-order chi connectivity index (χ1) is 15.0. The topological polar surface area (TPSA) is 76.1 Å². The van der Waals surface area contributed by atoms with Crippen LogP contribution in [0.1, 0.15) is 17.2 Å². The molecule has 1 aliphatic heterocycles. The minimum Gasteiger partial charge on any atom is -0.507 e. The van der Waals surface area contributed by atoms with Crippen LogP contribution in [0.5, 0.6) is 11.5 Å². The van der Waals surface area contributed by atoms with Crippen molar-refractivity contribution in [1.82, 2.24) is 0 Å². The highest BCUT2D eigenvalue weighted by Gasteiger charge is 2.47. The number of anilines is 1. The SMILES string of the molecule is COc1ccc(/C(O)=C2\C(=O)C(=O)N(c3cccc(OC)c3)C2c2ccccc2)cc1. The molecule has 0 radical (unpaired) electrons. The van der Waals surface area contributed by atoms with Gasteiger partial charge in [0.05, 0.1) is 25.8 Å². The third kappa shape index (κ3) is 3.64. The van der Waals surface area contributed by atoms with Crippen molar-refractivity contribution in [1.29, 1.82) is 0 Å². The molecule has 6 nitrogen and oxygen atoms in total. The Morgan fingerprint density at radius 3 is 2.16 bits per heavy atom. The zero-order valence-electron chi connectivity index (χ0n) is 17.1. The fourth-order valence-corrected chi connectivity index (χ4v) is 3.71. The van der Waals surface area contributed by atoms with Gasteiger partial charge < -0.3 is 14.6 Å². The average molecular weight is 415 g/mol. The van der Waals surface area contributed by atoms with Crippen molar-refractivity contribution in [3.05, 3.63) is 95.6 Å². The normalized spacial score (nSPS) is 17.6. The lowest BCUT2D eigenvalue weighted by molar-refractivity contribution is -0.132. The number of rotatable bonds is 5. The van der Waals surface area contributed by atoms with Gasteiger partial charge in [0.2, 0.25) is 0 Å². The van der Waals surface area contributed by atoms with E-state index in [4.69, 9.17) is 9.47 Å². The first-order valence-electron chi connectivity index (χ1n) is 9.69. The summed E-state index contributed by atoms with van der Waals surface area (Å²) in [5.41, 5.74) is 1.67. The van der Waals surface area contributed by atoms with E-state index < -0.39 is 17.7 Å². The van der Waals surface area contributed by atoms with Crippen LogP contribution in [0.3, 0.4) is 0 Å². The average Bonchev–Trinajstić information content (AvgIpc) is 3.09. The van der Waals surface area contributed by atoms with Crippen LogP contribution in [0.15, 0.2) is 84.4 Å². The number of Topliss-reactive ketones (excluding diaryl/α,β-unsaturated/α-hetero) is 1. The molecule has 0 bridgehead atoms. The second-order valence-electron chi connectivity index (χ2n) is 7.01. The maximum atomic E-state index is 13.1. The summed E-state index contributed by atoms with van der Waals surface area (Å²) in [7, 11) is 3.08. The molecule has 1 unspecified atom stereocenters. The molecule has 0 aliphatic carbocycles. The van der Waals surface area contributed by atoms with E-state index in [1.165, 1.54) is 12.0 Å². The van der Waals surface area contributed by atoms with Crippen molar-refractivity contribution >= 4 is 23.1 Å². The quantitative estimate of drug-likeness (QED) is 0.381. The van der Waals surface area contributed by atoms with Crippen LogP contribution in [-0.2, 0) is 9.59 Å². The molecule has 1 fully saturated rings. The molecule has 156 valence electrons. The van der Waals surface area contributed by atoms with Crippen LogP contribution >= 0.6 is 0 Å². The Kier molecular flexibility index (Phi) is 5.45. The summed E-state index contributed by atoms with van der Waals surface area (Å²) in [5.74, 6) is -0.517. The number of ether oxygens (including phenoxy) is 2. The second-order valence-corrected chi connectivity index (χ2v) is 7.01. The summed E-state index contributed by atoms with van der Waals surface area (Å²) >= 11 is 0. The van der Waals surface area contributed by atoms with Gasteiger partial charge in [-0.1, -0.05) is 36.4 Å². The van der Waals surface area contributed by atoms with Crippen molar-refractivity contribution in [2.24, 2.45) is 0 Å². The van der Waals surface area contributed by atoms with E-state index >= 15 is 0 Å². The molecule has 1 heterocycles.